The standard InChI is InChI=1S/C32H40N2O3/c1-23(2)27-16-18-28(19-17-27)37-22-30(35)34(21-26-14-12-24(3)13-15-26)29(31(36)33-32(4,5)6)20-25-10-8-7-9-11-25/h7-19,23,29H,20-22H2,1-6H3,(H,33,36)/t29-/m0/s1. The van der Waals surface area contributed by atoms with Crippen molar-refractivity contribution in [3.8, 4) is 5.75 Å². The van der Waals surface area contributed by atoms with Crippen molar-refractivity contribution in [2.45, 2.75) is 72.0 Å². The van der Waals surface area contributed by atoms with Crippen LogP contribution in [0.4, 0.5) is 0 Å². The molecule has 0 heterocycles. The molecule has 0 radical (unpaired) electrons. The normalized spacial score (nSPS) is 12.2. The summed E-state index contributed by atoms with van der Waals surface area (Å²) in [6, 6.07) is 25.0. The average Bonchev–Trinajstić information content (AvgIpc) is 2.85. The molecule has 2 amide bonds. The van der Waals surface area contributed by atoms with Crippen LogP contribution in [0.2, 0.25) is 0 Å². The monoisotopic (exact) mass is 500 g/mol. The Bertz CT molecular complexity index is 1150. The third kappa shape index (κ3) is 8.78. The summed E-state index contributed by atoms with van der Waals surface area (Å²) in [6.07, 6.45) is 0.406. The maximum Gasteiger partial charge on any atom is 0.261 e. The summed E-state index contributed by atoms with van der Waals surface area (Å²) in [6.45, 7) is 12.3. The Labute approximate surface area is 221 Å². The van der Waals surface area contributed by atoms with Gasteiger partial charge < -0.3 is 15.0 Å². The largest absolute Gasteiger partial charge is 0.484 e. The van der Waals surface area contributed by atoms with Crippen molar-refractivity contribution in [3.05, 3.63) is 101 Å². The van der Waals surface area contributed by atoms with Gasteiger partial charge in [0.2, 0.25) is 5.91 Å². The predicted molar refractivity (Wildman–Crippen MR) is 150 cm³/mol. The summed E-state index contributed by atoms with van der Waals surface area (Å²) >= 11 is 0. The minimum atomic E-state index is -0.692. The Balaban J connectivity index is 1.89. The fourth-order valence-corrected chi connectivity index (χ4v) is 4.07. The van der Waals surface area contributed by atoms with Crippen LogP contribution in [0.15, 0.2) is 78.9 Å². The zero-order valence-electron chi connectivity index (χ0n) is 23.0. The van der Waals surface area contributed by atoms with E-state index in [0.29, 0.717) is 24.6 Å². The molecule has 0 spiro atoms. The van der Waals surface area contributed by atoms with Crippen LogP contribution in [0, 0.1) is 6.92 Å². The van der Waals surface area contributed by atoms with Crippen LogP contribution in [0.1, 0.15) is 62.8 Å². The van der Waals surface area contributed by atoms with Gasteiger partial charge in [0, 0.05) is 18.5 Å². The van der Waals surface area contributed by atoms with Crippen LogP contribution in [0.5, 0.6) is 5.75 Å². The predicted octanol–water partition coefficient (Wildman–Crippen LogP) is 6.05. The number of aryl methyl sites for hydroxylation is 1. The highest BCUT2D eigenvalue weighted by Crippen LogP contribution is 2.20. The highest BCUT2D eigenvalue weighted by Gasteiger charge is 2.32. The molecule has 3 rings (SSSR count). The summed E-state index contributed by atoms with van der Waals surface area (Å²) in [5.41, 5.74) is 3.87. The Hall–Kier alpha value is -3.60. The molecule has 5 heteroatoms. The molecular weight excluding hydrogens is 460 g/mol. The maximum atomic E-state index is 13.7. The summed E-state index contributed by atoms with van der Waals surface area (Å²) < 4.78 is 5.90. The summed E-state index contributed by atoms with van der Waals surface area (Å²) in [5.74, 6) is 0.629. The second kappa shape index (κ2) is 12.6. The van der Waals surface area contributed by atoms with Gasteiger partial charge in [0.1, 0.15) is 11.8 Å². The topological polar surface area (TPSA) is 58.6 Å². The fourth-order valence-electron chi connectivity index (χ4n) is 4.07. The van der Waals surface area contributed by atoms with Gasteiger partial charge in [-0.2, -0.15) is 0 Å². The number of nitrogens with one attached hydrogen (secondary N) is 1. The lowest BCUT2D eigenvalue weighted by molar-refractivity contribution is -0.143. The van der Waals surface area contributed by atoms with Crippen molar-refractivity contribution in [1.29, 1.82) is 0 Å². The number of rotatable bonds is 10. The van der Waals surface area contributed by atoms with Crippen LogP contribution in [-0.2, 0) is 22.6 Å². The summed E-state index contributed by atoms with van der Waals surface area (Å²) in [7, 11) is 0. The van der Waals surface area contributed by atoms with E-state index in [1.165, 1.54) is 5.56 Å². The third-order valence-electron chi connectivity index (χ3n) is 6.15. The molecule has 0 fully saturated rings. The number of nitrogens with zero attached hydrogens (tertiary/aromatic N) is 1. The lowest BCUT2D eigenvalue weighted by atomic mass is 10.0. The van der Waals surface area contributed by atoms with Gasteiger partial charge in [-0.15, -0.1) is 0 Å². The minimum Gasteiger partial charge on any atom is -0.484 e. The van der Waals surface area contributed by atoms with Gasteiger partial charge in [0.05, 0.1) is 0 Å². The van der Waals surface area contributed by atoms with E-state index in [1.54, 1.807) is 4.90 Å². The van der Waals surface area contributed by atoms with Crippen molar-refractivity contribution in [2.75, 3.05) is 6.61 Å². The molecule has 3 aromatic rings. The van der Waals surface area contributed by atoms with Crippen LogP contribution >= 0.6 is 0 Å². The van der Waals surface area contributed by atoms with Gasteiger partial charge in [-0.05, 0) is 62.4 Å². The van der Waals surface area contributed by atoms with Gasteiger partial charge in [-0.25, -0.2) is 0 Å². The number of amides is 2. The highest BCUT2D eigenvalue weighted by atomic mass is 16.5. The molecule has 0 bridgehead atoms. The van der Waals surface area contributed by atoms with Gasteiger partial charge >= 0.3 is 0 Å². The Morgan fingerprint density at radius 1 is 0.865 bits per heavy atom. The molecule has 0 aliphatic heterocycles. The average molecular weight is 501 g/mol. The molecule has 0 saturated carbocycles. The Morgan fingerprint density at radius 2 is 1.49 bits per heavy atom. The molecule has 0 aliphatic carbocycles. The van der Waals surface area contributed by atoms with Gasteiger partial charge in [0.25, 0.3) is 5.91 Å². The molecule has 0 saturated heterocycles. The smallest absolute Gasteiger partial charge is 0.261 e. The quantitative estimate of drug-likeness (QED) is 0.369. The Morgan fingerprint density at radius 3 is 2.05 bits per heavy atom. The van der Waals surface area contributed by atoms with E-state index in [2.05, 4.69) is 19.2 Å². The van der Waals surface area contributed by atoms with E-state index in [-0.39, 0.29) is 18.4 Å². The molecule has 1 N–H and O–H groups in total. The van der Waals surface area contributed by atoms with E-state index in [9.17, 15) is 9.59 Å². The minimum absolute atomic E-state index is 0.152. The zero-order valence-corrected chi connectivity index (χ0v) is 23.0. The molecule has 0 aliphatic rings. The van der Waals surface area contributed by atoms with Gasteiger partial charge in [0.15, 0.2) is 6.61 Å². The third-order valence-corrected chi connectivity index (χ3v) is 6.15. The first kappa shape index (κ1) is 28.0. The molecule has 0 unspecified atom stereocenters. The van der Waals surface area contributed by atoms with Crippen molar-refractivity contribution in [2.24, 2.45) is 0 Å². The summed E-state index contributed by atoms with van der Waals surface area (Å²) in [5, 5.41) is 3.09. The first-order valence-electron chi connectivity index (χ1n) is 13.0. The van der Waals surface area contributed by atoms with E-state index in [1.807, 2.05) is 107 Å². The molecule has 37 heavy (non-hydrogen) atoms. The number of carbonyl (C=O) groups excluding carboxylic acids is 2. The number of hydrogen-bond acceptors (Lipinski definition) is 3. The van der Waals surface area contributed by atoms with Crippen molar-refractivity contribution in [3.63, 3.8) is 0 Å². The number of benzene rings is 3. The highest BCUT2D eigenvalue weighted by molar-refractivity contribution is 5.89. The first-order chi connectivity index (χ1) is 17.5. The molecule has 5 nitrogen and oxygen atoms in total. The van der Waals surface area contributed by atoms with Gasteiger partial charge in [-0.3, -0.25) is 9.59 Å². The molecule has 196 valence electrons. The second-order valence-corrected chi connectivity index (χ2v) is 11.0. The van der Waals surface area contributed by atoms with E-state index < -0.39 is 11.6 Å². The van der Waals surface area contributed by atoms with Gasteiger partial charge in [-0.1, -0.05) is 86.1 Å². The molecule has 0 aromatic heterocycles. The first-order valence-corrected chi connectivity index (χ1v) is 13.0. The van der Waals surface area contributed by atoms with Crippen LogP contribution in [0.25, 0.3) is 0 Å². The lowest BCUT2D eigenvalue weighted by Crippen LogP contribution is -2.55. The van der Waals surface area contributed by atoms with Crippen molar-refractivity contribution in [1.82, 2.24) is 10.2 Å². The fraction of sp³-hybridized carbons (Fsp3) is 0.375. The van der Waals surface area contributed by atoms with Crippen LogP contribution in [0.3, 0.4) is 0 Å². The maximum absolute atomic E-state index is 13.7. The van der Waals surface area contributed by atoms with Crippen molar-refractivity contribution >= 4 is 11.8 Å². The van der Waals surface area contributed by atoms with Crippen LogP contribution < -0.4 is 10.1 Å². The molecular formula is C32H40N2O3. The Kier molecular flexibility index (Phi) is 9.51. The van der Waals surface area contributed by atoms with Crippen LogP contribution in [-0.4, -0.2) is 34.9 Å². The number of hydrogen-bond donors (Lipinski definition) is 1. The van der Waals surface area contributed by atoms with E-state index >= 15 is 0 Å². The van der Waals surface area contributed by atoms with E-state index in [0.717, 1.165) is 16.7 Å². The molecule has 3 aromatic carbocycles. The lowest BCUT2D eigenvalue weighted by Gasteiger charge is -2.33. The number of ether oxygens (including phenoxy) is 1. The van der Waals surface area contributed by atoms with E-state index in [4.69, 9.17) is 4.74 Å². The number of carbonyl (C=O) groups is 2. The van der Waals surface area contributed by atoms with Crippen molar-refractivity contribution < 1.29 is 14.3 Å². The second-order valence-electron chi connectivity index (χ2n) is 11.0. The zero-order chi connectivity index (χ0) is 27.0. The SMILES string of the molecule is Cc1ccc(CN(C(=O)COc2ccc(C(C)C)cc2)[C@@H](Cc2ccccc2)C(=O)NC(C)(C)C)cc1. The molecule has 1 atom stereocenters. The summed E-state index contributed by atoms with van der Waals surface area (Å²) in [4.78, 5) is 28.9.